The Bertz CT molecular complexity index is 1010. The van der Waals surface area contributed by atoms with Crippen LogP contribution in [0.25, 0.3) is 21.8 Å². The number of fused-ring (bicyclic) bond motifs is 3. The molecule has 0 aliphatic carbocycles. The minimum Gasteiger partial charge on any atom is -0.389 e. The second-order valence-corrected chi connectivity index (χ2v) is 7.00. The van der Waals surface area contributed by atoms with Crippen molar-refractivity contribution in [3.8, 4) is 0 Å². The number of nitrogens with zero attached hydrogens (tertiary/aromatic N) is 1. The van der Waals surface area contributed by atoms with Crippen molar-refractivity contribution in [2.45, 2.75) is 26.5 Å². The van der Waals surface area contributed by atoms with Crippen LogP contribution in [0.4, 0.5) is 5.69 Å². The zero-order valence-electron chi connectivity index (χ0n) is 15.2. The van der Waals surface area contributed by atoms with E-state index in [2.05, 4.69) is 90.5 Å². The van der Waals surface area contributed by atoms with E-state index >= 15 is 0 Å². The molecule has 0 bridgehead atoms. The lowest BCUT2D eigenvalue weighted by molar-refractivity contribution is 0.169. The maximum atomic E-state index is 10.7. The number of nitrogens with one attached hydrogen (secondary N) is 1. The van der Waals surface area contributed by atoms with E-state index in [1.54, 1.807) is 0 Å². The zero-order valence-corrected chi connectivity index (χ0v) is 15.2. The first kappa shape index (κ1) is 16.7. The van der Waals surface area contributed by atoms with Gasteiger partial charge >= 0.3 is 0 Å². The molecule has 26 heavy (non-hydrogen) atoms. The maximum Gasteiger partial charge on any atom is 0.0891 e. The summed E-state index contributed by atoms with van der Waals surface area (Å²) in [6.07, 6.45) is -0.478. The minimum absolute atomic E-state index is 0.478. The third kappa shape index (κ3) is 3.06. The van der Waals surface area contributed by atoms with Crippen LogP contribution in [-0.4, -0.2) is 22.3 Å². The van der Waals surface area contributed by atoms with E-state index in [4.69, 9.17) is 0 Å². The van der Waals surface area contributed by atoms with Gasteiger partial charge in [-0.2, -0.15) is 0 Å². The van der Waals surface area contributed by atoms with Gasteiger partial charge in [-0.15, -0.1) is 0 Å². The SMILES string of the molecule is Cc1ccc(C)c(NC[C@@H](O)Cn2c3ccccc3c3ccccc32)c1. The molecular formula is C23H24N2O. The number of aromatic nitrogens is 1. The molecule has 0 aliphatic rings. The number of rotatable bonds is 5. The molecule has 132 valence electrons. The van der Waals surface area contributed by atoms with Gasteiger partial charge in [0.05, 0.1) is 12.6 Å². The number of aliphatic hydroxyl groups excluding tert-OH is 1. The normalized spacial score (nSPS) is 12.6. The highest BCUT2D eigenvalue weighted by atomic mass is 16.3. The third-order valence-electron chi connectivity index (χ3n) is 4.99. The Morgan fingerprint density at radius 3 is 2.15 bits per heavy atom. The van der Waals surface area contributed by atoms with Crippen LogP contribution in [0.3, 0.4) is 0 Å². The van der Waals surface area contributed by atoms with Crippen molar-refractivity contribution in [1.82, 2.24) is 4.57 Å². The van der Waals surface area contributed by atoms with Crippen LogP contribution in [-0.2, 0) is 6.54 Å². The van der Waals surface area contributed by atoms with Gasteiger partial charge in [0.2, 0.25) is 0 Å². The Balaban J connectivity index is 1.59. The summed E-state index contributed by atoms with van der Waals surface area (Å²) < 4.78 is 2.22. The molecule has 0 spiro atoms. The molecule has 3 aromatic carbocycles. The standard InChI is InChI=1S/C23H24N2O/c1-16-11-12-17(2)21(13-16)24-14-18(26)15-25-22-9-5-3-7-19(22)20-8-4-6-10-23(20)25/h3-13,18,24,26H,14-15H2,1-2H3/t18-/m1/s1. The largest absolute Gasteiger partial charge is 0.389 e. The van der Waals surface area contributed by atoms with Crippen LogP contribution in [0.15, 0.2) is 66.7 Å². The van der Waals surface area contributed by atoms with Crippen LogP contribution < -0.4 is 5.32 Å². The Morgan fingerprint density at radius 2 is 1.50 bits per heavy atom. The van der Waals surface area contributed by atoms with Gasteiger partial charge in [-0.25, -0.2) is 0 Å². The van der Waals surface area contributed by atoms with E-state index in [1.165, 1.54) is 32.9 Å². The summed E-state index contributed by atoms with van der Waals surface area (Å²) in [5.74, 6) is 0. The van der Waals surface area contributed by atoms with E-state index in [9.17, 15) is 5.11 Å². The Morgan fingerprint density at radius 1 is 0.885 bits per heavy atom. The quantitative estimate of drug-likeness (QED) is 0.541. The van der Waals surface area contributed by atoms with Crippen LogP contribution in [0.1, 0.15) is 11.1 Å². The molecule has 0 saturated carbocycles. The van der Waals surface area contributed by atoms with E-state index in [1.807, 2.05) is 0 Å². The van der Waals surface area contributed by atoms with Crippen LogP contribution in [0, 0.1) is 13.8 Å². The molecule has 0 fully saturated rings. The second-order valence-electron chi connectivity index (χ2n) is 7.00. The number of aliphatic hydroxyl groups is 1. The minimum atomic E-state index is -0.478. The number of hydrogen-bond donors (Lipinski definition) is 2. The van der Waals surface area contributed by atoms with Crippen molar-refractivity contribution < 1.29 is 5.11 Å². The highest BCUT2D eigenvalue weighted by Gasteiger charge is 2.13. The molecule has 3 nitrogen and oxygen atoms in total. The molecule has 0 amide bonds. The van der Waals surface area contributed by atoms with Crippen molar-refractivity contribution in [3.05, 3.63) is 77.9 Å². The van der Waals surface area contributed by atoms with Gasteiger partial charge in [0.1, 0.15) is 0 Å². The average Bonchev–Trinajstić information content (AvgIpc) is 2.97. The van der Waals surface area contributed by atoms with E-state index in [0.29, 0.717) is 13.1 Å². The summed E-state index contributed by atoms with van der Waals surface area (Å²) >= 11 is 0. The Hall–Kier alpha value is -2.78. The summed E-state index contributed by atoms with van der Waals surface area (Å²) in [5, 5.41) is 16.5. The summed E-state index contributed by atoms with van der Waals surface area (Å²) in [6.45, 7) is 5.25. The summed E-state index contributed by atoms with van der Waals surface area (Å²) in [6, 6.07) is 23.1. The molecule has 1 aromatic heterocycles. The number of aryl methyl sites for hydroxylation is 2. The molecule has 0 unspecified atom stereocenters. The first-order valence-corrected chi connectivity index (χ1v) is 9.08. The van der Waals surface area contributed by atoms with Crippen molar-refractivity contribution in [2.24, 2.45) is 0 Å². The predicted octanol–water partition coefficient (Wildman–Crippen LogP) is 4.88. The smallest absolute Gasteiger partial charge is 0.0891 e. The van der Waals surface area contributed by atoms with Crippen molar-refractivity contribution in [3.63, 3.8) is 0 Å². The molecule has 1 heterocycles. The highest BCUT2D eigenvalue weighted by Crippen LogP contribution is 2.29. The lowest BCUT2D eigenvalue weighted by Gasteiger charge is -2.17. The van der Waals surface area contributed by atoms with Crippen molar-refractivity contribution in [2.75, 3.05) is 11.9 Å². The number of benzene rings is 3. The highest BCUT2D eigenvalue weighted by molar-refractivity contribution is 6.07. The number of anilines is 1. The molecule has 0 aliphatic heterocycles. The Labute approximate surface area is 153 Å². The van der Waals surface area contributed by atoms with Gasteiger partial charge < -0.3 is 15.0 Å². The fourth-order valence-electron chi connectivity index (χ4n) is 3.63. The van der Waals surface area contributed by atoms with E-state index in [-0.39, 0.29) is 0 Å². The van der Waals surface area contributed by atoms with Gasteiger partial charge in [-0.05, 0) is 43.2 Å². The van der Waals surface area contributed by atoms with Gasteiger partial charge in [0.25, 0.3) is 0 Å². The van der Waals surface area contributed by atoms with Crippen molar-refractivity contribution in [1.29, 1.82) is 0 Å². The third-order valence-corrected chi connectivity index (χ3v) is 4.99. The summed E-state index contributed by atoms with van der Waals surface area (Å²) in [7, 11) is 0. The summed E-state index contributed by atoms with van der Waals surface area (Å²) in [5.41, 5.74) is 5.83. The molecule has 2 N–H and O–H groups in total. The lowest BCUT2D eigenvalue weighted by atomic mass is 10.1. The molecular weight excluding hydrogens is 320 g/mol. The molecule has 4 aromatic rings. The van der Waals surface area contributed by atoms with Gasteiger partial charge in [0, 0.05) is 34.0 Å². The van der Waals surface area contributed by atoms with Gasteiger partial charge in [-0.3, -0.25) is 0 Å². The number of hydrogen-bond acceptors (Lipinski definition) is 2. The first-order valence-electron chi connectivity index (χ1n) is 9.08. The van der Waals surface area contributed by atoms with E-state index < -0.39 is 6.10 Å². The zero-order chi connectivity index (χ0) is 18.1. The summed E-state index contributed by atoms with van der Waals surface area (Å²) in [4.78, 5) is 0. The van der Waals surface area contributed by atoms with Crippen LogP contribution in [0.2, 0.25) is 0 Å². The molecule has 1 atom stereocenters. The van der Waals surface area contributed by atoms with Gasteiger partial charge in [-0.1, -0.05) is 48.5 Å². The predicted molar refractivity (Wildman–Crippen MR) is 110 cm³/mol. The fourth-order valence-corrected chi connectivity index (χ4v) is 3.63. The molecule has 0 radical (unpaired) electrons. The molecule has 4 rings (SSSR count). The molecule has 0 saturated heterocycles. The number of para-hydroxylation sites is 2. The topological polar surface area (TPSA) is 37.2 Å². The monoisotopic (exact) mass is 344 g/mol. The lowest BCUT2D eigenvalue weighted by Crippen LogP contribution is -2.25. The average molecular weight is 344 g/mol. The van der Waals surface area contributed by atoms with Gasteiger partial charge in [0.15, 0.2) is 0 Å². The van der Waals surface area contributed by atoms with Crippen molar-refractivity contribution >= 4 is 27.5 Å². The van der Waals surface area contributed by atoms with E-state index in [0.717, 1.165) is 5.69 Å². The first-order chi connectivity index (χ1) is 12.6. The fraction of sp³-hybridized carbons (Fsp3) is 0.217. The molecule has 3 heteroatoms. The van der Waals surface area contributed by atoms with Crippen LogP contribution >= 0.6 is 0 Å². The Kier molecular flexibility index (Phi) is 4.39. The van der Waals surface area contributed by atoms with Crippen LogP contribution in [0.5, 0.6) is 0 Å². The second kappa shape index (κ2) is 6.85. The maximum absolute atomic E-state index is 10.7.